The fourth-order valence-electron chi connectivity index (χ4n) is 5.31. The van der Waals surface area contributed by atoms with Crippen molar-refractivity contribution in [3.63, 3.8) is 0 Å². The van der Waals surface area contributed by atoms with Crippen molar-refractivity contribution in [2.45, 2.75) is 152 Å². The zero-order chi connectivity index (χ0) is 29.5. The number of allylic oxidation sites excluding steroid dienone is 2. The van der Waals surface area contributed by atoms with Crippen molar-refractivity contribution in [2.75, 3.05) is 14.1 Å². The Morgan fingerprint density at radius 2 is 1.41 bits per heavy atom. The maximum absolute atomic E-state index is 10.6. The zero-order valence-electron chi connectivity index (χ0n) is 27.5. The molecule has 9 unspecified atom stereocenters. The van der Waals surface area contributed by atoms with E-state index in [1.165, 1.54) is 11.1 Å². The van der Waals surface area contributed by atoms with Crippen LogP contribution in [0, 0.1) is 23.7 Å². The summed E-state index contributed by atoms with van der Waals surface area (Å²) in [5.41, 5.74) is 2.08. The molecule has 1 N–H and O–H groups in total. The smallest absolute Gasteiger partial charge is 0.186 e. The van der Waals surface area contributed by atoms with E-state index in [1.54, 1.807) is 0 Å². The topological polar surface area (TPSA) is 45.2 Å². The number of epoxide rings is 1. The SMILES string of the molecule is C=C1CC(C)C(C)C(=C)CCC(C)(O)CC(C)CC1C.CC.CC.CC.CC1CC(N(C)C)C2OC2O1. The average Bonchev–Trinajstić information content (AvgIpc) is 3.63. The molecule has 1 aliphatic carbocycles. The standard InChI is InChI=1S/C19H34O.C8H15NO2.3C2H6/c1-13-10-15(3)16(4)11-17(5)18(6)14(2)8-9-19(7,20)12-13;1-5-4-6(9(2)3)7-8(10-5)11-7;3*1-2/h13,15,17-18,20H,2,4,8-12H2,1,3,5-7H3;5-8H,4H2,1-3H3;3*1-2H3. The summed E-state index contributed by atoms with van der Waals surface area (Å²) in [5, 5.41) is 10.6. The minimum absolute atomic E-state index is 0.103. The molecule has 0 aromatic rings. The highest BCUT2D eigenvalue weighted by Gasteiger charge is 2.51. The highest BCUT2D eigenvalue weighted by atomic mass is 16.8. The highest BCUT2D eigenvalue weighted by molar-refractivity contribution is 5.07. The van der Waals surface area contributed by atoms with Gasteiger partial charge in [-0.1, -0.05) is 93.5 Å². The van der Waals surface area contributed by atoms with Crippen LogP contribution in [0.25, 0.3) is 0 Å². The lowest BCUT2D eigenvalue weighted by Gasteiger charge is -2.32. The summed E-state index contributed by atoms with van der Waals surface area (Å²) in [6.07, 6.45) is 6.78. The predicted octanol–water partition coefficient (Wildman–Crippen LogP) is 8.89. The molecule has 4 nitrogen and oxygen atoms in total. The van der Waals surface area contributed by atoms with E-state index in [0.717, 1.165) is 38.5 Å². The van der Waals surface area contributed by atoms with Crippen LogP contribution in [0.4, 0.5) is 0 Å². The molecular formula is C33H67NO3. The van der Waals surface area contributed by atoms with E-state index < -0.39 is 5.60 Å². The van der Waals surface area contributed by atoms with Gasteiger partial charge in [0.15, 0.2) is 6.29 Å². The monoisotopic (exact) mass is 526 g/mol. The maximum atomic E-state index is 10.6. The molecule has 9 atom stereocenters. The Kier molecular flexibility index (Phi) is 20.2. The lowest BCUT2D eigenvalue weighted by molar-refractivity contribution is -0.0243. The molecule has 0 amide bonds. The van der Waals surface area contributed by atoms with Crippen LogP contribution in [0.1, 0.15) is 122 Å². The Morgan fingerprint density at radius 1 is 0.865 bits per heavy atom. The van der Waals surface area contributed by atoms with Crippen LogP contribution in [0.5, 0.6) is 0 Å². The van der Waals surface area contributed by atoms with Gasteiger partial charge in [0, 0.05) is 6.04 Å². The molecule has 0 aromatic heterocycles. The largest absolute Gasteiger partial charge is 0.390 e. The fourth-order valence-corrected chi connectivity index (χ4v) is 5.31. The minimum atomic E-state index is -0.564. The van der Waals surface area contributed by atoms with Gasteiger partial charge >= 0.3 is 0 Å². The van der Waals surface area contributed by atoms with Crippen LogP contribution in [0.2, 0.25) is 0 Å². The molecule has 222 valence electrons. The number of nitrogens with zero attached hydrogens (tertiary/aromatic N) is 1. The summed E-state index contributed by atoms with van der Waals surface area (Å²) in [5.74, 6) is 2.18. The van der Waals surface area contributed by atoms with Crippen LogP contribution in [0.3, 0.4) is 0 Å². The number of ether oxygens (including phenoxy) is 2. The highest BCUT2D eigenvalue weighted by Crippen LogP contribution is 2.37. The first-order valence-corrected chi connectivity index (χ1v) is 15.4. The number of fused-ring (bicyclic) bond motifs is 1. The molecule has 0 bridgehead atoms. The predicted molar refractivity (Wildman–Crippen MR) is 164 cm³/mol. The molecule has 0 aromatic carbocycles. The Bertz CT molecular complexity index is 613. The fraction of sp³-hybridized carbons (Fsp3) is 0.879. The Hall–Kier alpha value is -0.680. The molecule has 2 heterocycles. The normalized spacial score (nSPS) is 37.7. The summed E-state index contributed by atoms with van der Waals surface area (Å²) >= 11 is 0. The molecule has 3 rings (SSSR count). The Balaban J connectivity index is 0. The summed E-state index contributed by atoms with van der Waals surface area (Å²) < 4.78 is 10.8. The van der Waals surface area contributed by atoms with E-state index in [-0.39, 0.29) is 6.29 Å². The lowest BCUT2D eigenvalue weighted by atomic mass is 9.76. The average molecular weight is 526 g/mol. The van der Waals surface area contributed by atoms with Gasteiger partial charge in [-0.15, -0.1) is 0 Å². The molecule has 0 radical (unpaired) electrons. The summed E-state index contributed by atoms with van der Waals surface area (Å²) in [4.78, 5) is 2.23. The van der Waals surface area contributed by atoms with Crippen molar-refractivity contribution in [3.8, 4) is 0 Å². The minimum Gasteiger partial charge on any atom is -0.390 e. The number of aliphatic hydroxyl groups is 1. The van der Waals surface area contributed by atoms with Gasteiger partial charge in [-0.3, -0.25) is 0 Å². The van der Waals surface area contributed by atoms with Gasteiger partial charge in [0.25, 0.3) is 0 Å². The Morgan fingerprint density at radius 3 is 1.92 bits per heavy atom. The molecule has 2 saturated heterocycles. The van der Waals surface area contributed by atoms with Crippen molar-refractivity contribution in [2.24, 2.45) is 23.7 Å². The first-order chi connectivity index (χ1) is 17.3. The molecule has 4 heteroatoms. The molecule has 1 saturated carbocycles. The van der Waals surface area contributed by atoms with Crippen LogP contribution >= 0.6 is 0 Å². The van der Waals surface area contributed by atoms with Crippen molar-refractivity contribution in [1.82, 2.24) is 4.90 Å². The van der Waals surface area contributed by atoms with Gasteiger partial charge in [-0.05, 0) is 90.1 Å². The Labute approximate surface area is 233 Å². The van der Waals surface area contributed by atoms with Crippen LogP contribution in [-0.2, 0) is 9.47 Å². The third-order valence-corrected chi connectivity index (χ3v) is 7.77. The molecular weight excluding hydrogens is 458 g/mol. The van der Waals surface area contributed by atoms with Crippen molar-refractivity contribution < 1.29 is 14.6 Å². The molecule has 2 aliphatic heterocycles. The molecule has 3 aliphatic rings. The van der Waals surface area contributed by atoms with E-state index in [2.05, 4.69) is 66.8 Å². The quantitative estimate of drug-likeness (QED) is 0.274. The number of rotatable bonds is 1. The molecule has 3 fully saturated rings. The van der Waals surface area contributed by atoms with Crippen molar-refractivity contribution in [3.05, 3.63) is 24.3 Å². The lowest BCUT2D eigenvalue weighted by Crippen LogP contribution is -2.41. The van der Waals surface area contributed by atoms with Crippen molar-refractivity contribution in [1.29, 1.82) is 0 Å². The van der Waals surface area contributed by atoms with Crippen LogP contribution in [-0.4, -0.2) is 54.2 Å². The van der Waals surface area contributed by atoms with E-state index in [1.807, 2.05) is 48.5 Å². The van der Waals surface area contributed by atoms with Crippen LogP contribution in [0.15, 0.2) is 24.3 Å². The first-order valence-electron chi connectivity index (χ1n) is 15.4. The first kappa shape index (κ1) is 38.5. The van der Waals surface area contributed by atoms with Crippen LogP contribution < -0.4 is 0 Å². The van der Waals surface area contributed by atoms with Gasteiger partial charge in [0.05, 0.1) is 11.7 Å². The van der Waals surface area contributed by atoms with Gasteiger partial charge in [-0.2, -0.15) is 0 Å². The number of hydrogen-bond acceptors (Lipinski definition) is 4. The number of likely N-dealkylation sites (N-methyl/N-ethyl adjacent to an activating group) is 1. The summed E-state index contributed by atoms with van der Waals surface area (Å²) in [7, 11) is 4.20. The van der Waals surface area contributed by atoms with E-state index in [9.17, 15) is 5.11 Å². The third kappa shape index (κ3) is 14.3. The van der Waals surface area contributed by atoms with Gasteiger partial charge in [0.1, 0.15) is 6.10 Å². The van der Waals surface area contributed by atoms with E-state index in [4.69, 9.17) is 9.47 Å². The van der Waals surface area contributed by atoms with Gasteiger partial charge < -0.3 is 19.5 Å². The zero-order valence-corrected chi connectivity index (χ0v) is 27.5. The van der Waals surface area contributed by atoms with Gasteiger partial charge in [0.2, 0.25) is 0 Å². The summed E-state index contributed by atoms with van der Waals surface area (Å²) in [6, 6.07) is 0.559. The molecule has 37 heavy (non-hydrogen) atoms. The summed E-state index contributed by atoms with van der Waals surface area (Å²) in [6.45, 7) is 33.8. The second-order valence-electron chi connectivity index (χ2n) is 11.4. The second kappa shape index (κ2) is 19.4. The van der Waals surface area contributed by atoms with Crippen molar-refractivity contribution >= 4 is 0 Å². The van der Waals surface area contributed by atoms with E-state index >= 15 is 0 Å². The second-order valence-corrected chi connectivity index (χ2v) is 11.4. The van der Waals surface area contributed by atoms with E-state index in [0.29, 0.717) is 41.9 Å². The number of hydrogen-bond donors (Lipinski definition) is 1. The molecule has 0 spiro atoms. The van der Waals surface area contributed by atoms with Gasteiger partial charge in [-0.25, -0.2) is 0 Å². The maximum Gasteiger partial charge on any atom is 0.186 e. The third-order valence-electron chi connectivity index (χ3n) is 7.77.